The average Bonchev–Trinajstić information content (AvgIpc) is 3.06. The minimum atomic E-state index is 0.141. The Morgan fingerprint density at radius 3 is 2.65 bits per heavy atom. The van der Waals surface area contributed by atoms with Crippen LogP contribution in [0.3, 0.4) is 0 Å². The average molecular weight is 367 g/mol. The first-order valence-electron chi connectivity index (χ1n) is 8.35. The zero-order valence-corrected chi connectivity index (χ0v) is 15.6. The highest BCUT2D eigenvalue weighted by molar-refractivity contribution is 6.33. The van der Waals surface area contributed by atoms with Crippen LogP contribution in [0.2, 0.25) is 5.02 Å². The molecule has 26 heavy (non-hydrogen) atoms. The van der Waals surface area contributed by atoms with E-state index in [-0.39, 0.29) is 18.1 Å². The van der Waals surface area contributed by atoms with Gasteiger partial charge in [0, 0.05) is 17.8 Å². The van der Waals surface area contributed by atoms with Crippen LogP contribution in [0.15, 0.2) is 42.2 Å². The number of aryl methyl sites for hydroxylation is 3. The van der Waals surface area contributed by atoms with Crippen molar-refractivity contribution in [3.63, 3.8) is 0 Å². The molecule has 0 atom stereocenters. The van der Waals surface area contributed by atoms with Crippen LogP contribution >= 0.6 is 11.6 Å². The summed E-state index contributed by atoms with van der Waals surface area (Å²) in [6.07, 6.45) is 0. The Morgan fingerprint density at radius 2 is 1.92 bits per heavy atom. The molecule has 0 saturated heterocycles. The van der Waals surface area contributed by atoms with E-state index >= 15 is 0 Å². The summed E-state index contributed by atoms with van der Waals surface area (Å²) >= 11 is 6.23. The van der Waals surface area contributed by atoms with Crippen molar-refractivity contribution in [3.05, 3.63) is 64.1 Å². The third-order valence-electron chi connectivity index (χ3n) is 4.83. The van der Waals surface area contributed by atoms with Gasteiger partial charge in [-0.2, -0.15) is 0 Å². The Balaban J connectivity index is 1.78. The number of nitrogens with one attached hydrogen (secondary N) is 1. The predicted octanol–water partition coefficient (Wildman–Crippen LogP) is 4.61. The lowest BCUT2D eigenvalue weighted by Gasteiger charge is -2.19. The van der Waals surface area contributed by atoms with Gasteiger partial charge in [0.1, 0.15) is 17.4 Å². The first-order chi connectivity index (χ1) is 12.4. The summed E-state index contributed by atoms with van der Waals surface area (Å²) < 4.78 is 1.92. The van der Waals surface area contributed by atoms with Gasteiger partial charge in [-0.05, 0) is 49.2 Å². The zero-order chi connectivity index (χ0) is 18.6. The fraction of sp³-hybridized carbons (Fsp3) is 0.200. The summed E-state index contributed by atoms with van der Waals surface area (Å²) in [5.41, 5.74) is 5.16. The second-order valence-corrected chi connectivity index (χ2v) is 7.08. The molecule has 2 aromatic carbocycles. The van der Waals surface area contributed by atoms with E-state index in [0.29, 0.717) is 16.4 Å². The Labute approximate surface area is 156 Å². The molecule has 0 bridgehead atoms. The van der Waals surface area contributed by atoms with Gasteiger partial charge in [0.05, 0.1) is 23.2 Å². The number of anilines is 1. The number of aromatic nitrogens is 2. The standard InChI is InChI=1S/C20H19ClN4O/c1-11-4-7-16-15(8-11)23-20(24(16)3)18-17(26)10-25(19(18)22)13-6-5-12(2)14(21)9-13/h4-9,22,26H,10H2,1-3H3. The van der Waals surface area contributed by atoms with Gasteiger partial charge in [0.25, 0.3) is 0 Å². The topological polar surface area (TPSA) is 65.1 Å². The summed E-state index contributed by atoms with van der Waals surface area (Å²) in [5.74, 6) is 0.952. The molecule has 0 unspecified atom stereocenters. The maximum atomic E-state index is 10.6. The molecule has 3 aromatic rings. The van der Waals surface area contributed by atoms with Crippen molar-refractivity contribution in [2.75, 3.05) is 11.4 Å². The normalized spacial score (nSPS) is 14.8. The molecule has 0 radical (unpaired) electrons. The number of aliphatic hydroxyl groups excluding tert-OH is 1. The van der Waals surface area contributed by atoms with Crippen molar-refractivity contribution in [2.24, 2.45) is 7.05 Å². The number of halogens is 1. The van der Waals surface area contributed by atoms with E-state index in [2.05, 4.69) is 4.98 Å². The number of amidine groups is 1. The fourth-order valence-corrected chi connectivity index (χ4v) is 3.49. The van der Waals surface area contributed by atoms with Gasteiger partial charge >= 0.3 is 0 Å². The van der Waals surface area contributed by atoms with E-state index in [1.54, 1.807) is 4.90 Å². The van der Waals surface area contributed by atoms with Crippen LogP contribution in [-0.2, 0) is 7.05 Å². The number of benzene rings is 2. The van der Waals surface area contributed by atoms with Gasteiger partial charge in [-0.15, -0.1) is 0 Å². The van der Waals surface area contributed by atoms with E-state index in [1.165, 1.54) is 0 Å². The maximum Gasteiger partial charge on any atom is 0.148 e. The molecule has 1 aliphatic heterocycles. The van der Waals surface area contributed by atoms with Crippen LogP contribution < -0.4 is 4.90 Å². The van der Waals surface area contributed by atoms with E-state index < -0.39 is 0 Å². The molecule has 1 aliphatic rings. The molecule has 0 aliphatic carbocycles. The Bertz CT molecular complexity index is 1100. The lowest BCUT2D eigenvalue weighted by Crippen LogP contribution is -2.26. The number of hydrogen-bond donors (Lipinski definition) is 2. The smallest absolute Gasteiger partial charge is 0.148 e. The molecular formula is C20H19ClN4O. The van der Waals surface area contributed by atoms with Crippen molar-refractivity contribution in [1.82, 2.24) is 9.55 Å². The first kappa shape index (κ1) is 16.7. The van der Waals surface area contributed by atoms with Gasteiger partial charge in [0.15, 0.2) is 0 Å². The second kappa shape index (κ2) is 5.88. The fourth-order valence-electron chi connectivity index (χ4n) is 3.32. The molecule has 0 spiro atoms. The molecule has 6 heteroatoms. The predicted molar refractivity (Wildman–Crippen MR) is 106 cm³/mol. The summed E-state index contributed by atoms with van der Waals surface area (Å²) in [5, 5.41) is 19.8. The van der Waals surface area contributed by atoms with E-state index in [9.17, 15) is 5.11 Å². The third kappa shape index (κ3) is 2.47. The molecule has 2 heterocycles. The number of hydrogen-bond acceptors (Lipinski definition) is 3. The van der Waals surface area contributed by atoms with Gasteiger partial charge in [-0.25, -0.2) is 4.98 Å². The van der Waals surface area contributed by atoms with Gasteiger partial charge < -0.3 is 14.6 Å². The zero-order valence-electron chi connectivity index (χ0n) is 14.8. The number of nitrogens with zero attached hydrogens (tertiary/aromatic N) is 3. The minimum absolute atomic E-state index is 0.141. The first-order valence-corrected chi connectivity index (χ1v) is 8.73. The van der Waals surface area contributed by atoms with Gasteiger partial charge in [0.2, 0.25) is 0 Å². The Hall–Kier alpha value is -2.79. The highest BCUT2D eigenvalue weighted by atomic mass is 35.5. The molecule has 0 saturated carbocycles. The van der Waals surface area contributed by atoms with Crippen LogP contribution in [0.25, 0.3) is 16.6 Å². The van der Waals surface area contributed by atoms with Crippen LogP contribution in [0.1, 0.15) is 17.0 Å². The number of imidazole rings is 1. The maximum absolute atomic E-state index is 10.6. The van der Waals surface area contributed by atoms with Crippen LogP contribution in [0, 0.1) is 19.3 Å². The van der Waals surface area contributed by atoms with E-state index in [1.807, 2.05) is 61.9 Å². The summed E-state index contributed by atoms with van der Waals surface area (Å²) in [6.45, 7) is 4.19. The lowest BCUT2D eigenvalue weighted by atomic mass is 10.2. The molecule has 4 rings (SSSR count). The van der Waals surface area contributed by atoms with Crippen molar-refractivity contribution >= 4 is 39.7 Å². The molecule has 2 N–H and O–H groups in total. The monoisotopic (exact) mass is 366 g/mol. The van der Waals surface area contributed by atoms with Crippen LogP contribution in [0.4, 0.5) is 5.69 Å². The summed E-state index contributed by atoms with van der Waals surface area (Å²) in [6, 6.07) is 11.7. The molecule has 5 nitrogen and oxygen atoms in total. The van der Waals surface area contributed by atoms with E-state index in [4.69, 9.17) is 17.0 Å². The molecule has 0 fully saturated rings. The third-order valence-corrected chi connectivity index (χ3v) is 5.24. The Morgan fingerprint density at radius 1 is 1.15 bits per heavy atom. The minimum Gasteiger partial charge on any atom is -0.509 e. The quantitative estimate of drug-likeness (QED) is 0.696. The molecule has 1 aromatic heterocycles. The van der Waals surface area contributed by atoms with Gasteiger partial charge in [-0.1, -0.05) is 23.7 Å². The molecule has 0 amide bonds. The number of rotatable bonds is 2. The largest absolute Gasteiger partial charge is 0.509 e. The van der Waals surface area contributed by atoms with Crippen molar-refractivity contribution in [1.29, 1.82) is 5.41 Å². The highest BCUT2D eigenvalue weighted by Crippen LogP contribution is 2.33. The van der Waals surface area contributed by atoms with Crippen molar-refractivity contribution < 1.29 is 5.11 Å². The van der Waals surface area contributed by atoms with Crippen molar-refractivity contribution in [3.8, 4) is 0 Å². The number of fused-ring (bicyclic) bond motifs is 1. The highest BCUT2D eigenvalue weighted by Gasteiger charge is 2.32. The lowest BCUT2D eigenvalue weighted by molar-refractivity contribution is 0.411. The number of aliphatic hydroxyl groups is 1. The Kier molecular flexibility index (Phi) is 3.77. The van der Waals surface area contributed by atoms with E-state index in [0.717, 1.165) is 27.8 Å². The SMILES string of the molecule is Cc1ccc2c(c1)nc(C1=C(O)CN(c3ccc(C)c(Cl)c3)C1=N)n2C. The second-order valence-electron chi connectivity index (χ2n) is 6.68. The summed E-state index contributed by atoms with van der Waals surface area (Å²) in [7, 11) is 1.90. The van der Waals surface area contributed by atoms with Crippen molar-refractivity contribution in [2.45, 2.75) is 13.8 Å². The van der Waals surface area contributed by atoms with Crippen LogP contribution in [0.5, 0.6) is 0 Å². The van der Waals surface area contributed by atoms with Crippen LogP contribution in [-0.4, -0.2) is 27.0 Å². The van der Waals surface area contributed by atoms with Gasteiger partial charge in [-0.3, -0.25) is 5.41 Å². The molecular weight excluding hydrogens is 348 g/mol. The molecule has 132 valence electrons. The summed E-state index contributed by atoms with van der Waals surface area (Å²) in [4.78, 5) is 6.40.